The van der Waals surface area contributed by atoms with Gasteiger partial charge in [0, 0.05) is 12.0 Å². The van der Waals surface area contributed by atoms with Crippen LogP contribution in [0, 0.1) is 5.82 Å². The van der Waals surface area contributed by atoms with E-state index >= 15 is 0 Å². The van der Waals surface area contributed by atoms with E-state index in [1.807, 2.05) is 30.3 Å². The number of Topliss-reactive ketones (excluding diaryl/α,β-unsaturated/α-hetero) is 1. The van der Waals surface area contributed by atoms with Crippen LogP contribution in [0.1, 0.15) is 21.5 Å². The van der Waals surface area contributed by atoms with Gasteiger partial charge in [-0.15, -0.1) is 0 Å². The van der Waals surface area contributed by atoms with Crippen molar-refractivity contribution in [3.8, 4) is 5.75 Å². The lowest BCUT2D eigenvalue weighted by molar-refractivity contribution is 0.0992. The number of hydrogen-bond donors (Lipinski definition) is 0. The quantitative estimate of drug-likeness (QED) is 0.608. The average Bonchev–Trinajstić information content (AvgIpc) is 2.61. The fourth-order valence-electron chi connectivity index (χ4n) is 2.44. The van der Waals surface area contributed by atoms with Gasteiger partial charge in [0.25, 0.3) is 0 Å². The second-order valence-corrected chi connectivity index (χ2v) is 5.53. The van der Waals surface area contributed by atoms with Crippen molar-refractivity contribution in [2.75, 3.05) is 0 Å². The Hall–Kier alpha value is -2.94. The van der Waals surface area contributed by atoms with Crippen LogP contribution in [0.15, 0.2) is 78.9 Å². The fourth-order valence-corrected chi connectivity index (χ4v) is 2.44. The van der Waals surface area contributed by atoms with Crippen molar-refractivity contribution in [3.05, 3.63) is 101 Å². The molecular weight excluding hydrogens is 303 g/mol. The van der Waals surface area contributed by atoms with E-state index in [1.54, 1.807) is 36.4 Å². The van der Waals surface area contributed by atoms with Gasteiger partial charge in [-0.25, -0.2) is 4.39 Å². The monoisotopic (exact) mass is 320 g/mol. The van der Waals surface area contributed by atoms with Gasteiger partial charge in [-0.1, -0.05) is 54.6 Å². The van der Waals surface area contributed by atoms with Gasteiger partial charge < -0.3 is 4.74 Å². The Labute approximate surface area is 140 Å². The number of benzene rings is 3. The molecule has 0 atom stereocenters. The highest BCUT2D eigenvalue weighted by molar-refractivity contribution is 5.97. The highest BCUT2D eigenvalue weighted by atomic mass is 19.1. The van der Waals surface area contributed by atoms with Gasteiger partial charge in [-0.3, -0.25) is 4.79 Å². The molecule has 3 aromatic rings. The minimum absolute atomic E-state index is 0.0393. The van der Waals surface area contributed by atoms with E-state index in [2.05, 4.69) is 0 Å². The highest BCUT2D eigenvalue weighted by Gasteiger charge is 2.08. The number of hydrogen-bond acceptors (Lipinski definition) is 2. The van der Waals surface area contributed by atoms with E-state index < -0.39 is 0 Å². The molecule has 3 rings (SSSR count). The summed E-state index contributed by atoms with van der Waals surface area (Å²) >= 11 is 0. The Morgan fingerprint density at radius 2 is 1.58 bits per heavy atom. The van der Waals surface area contributed by atoms with Crippen molar-refractivity contribution in [3.63, 3.8) is 0 Å². The van der Waals surface area contributed by atoms with E-state index in [1.165, 1.54) is 12.1 Å². The number of ether oxygens (including phenoxy) is 1. The molecule has 0 unspecified atom stereocenters. The number of ketones is 1. The van der Waals surface area contributed by atoms with E-state index in [4.69, 9.17) is 4.74 Å². The molecule has 0 aliphatic carbocycles. The first-order valence-corrected chi connectivity index (χ1v) is 7.75. The Balaban J connectivity index is 1.66. The topological polar surface area (TPSA) is 26.3 Å². The standard InChI is InChI=1S/C21H17FO2/c22-19-10-4-8-17(12-19)15-24-20-11-5-9-18(14-20)21(23)13-16-6-2-1-3-7-16/h1-12,14H,13,15H2. The van der Waals surface area contributed by atoms with Gasteiger partial charge in [-0.05, 0) is 35.4 Å². The lowest BCUT2D eigenvalue weighted by Crippen LogP contribution is -2.04. The molecule has 0 aromatic heterocycles. The molecule has 0 spiro atoms. The van der Waals surface area contributed by atoms with Crippen LogP contribution < -0.4 is 4.74 Å². The molecule has 0 fully saturated rings. The maximum absolute atomic E-state index is 13.2. The largest absolute Gasteiger partial charge is 0.489 e. The molecule has 0 N–H and O–H groups in total. The predicted octanol–water partition coefficient (Wildman–Crippen LogP) is 4.83. The van der Waals surface area contributed by atoms with Crippen molar-refractivity contribution in [2.24, 2.45) is 0 Å². The average molecular weight is 320 g/mol. The molecule has 0 bridgehead atoms. The van der Waals surface area contributed by atoms with Crippen LogP contribution in [-0.2, 0) is 13.0 Å². The van der Waals surface area contributed by atoms with Crippen LogP contribution in [0.4, 0.5) is 4.39 Å². The Morgan fingerprint density at radius 3 is 2.38 bits per heavy atom. The number of carbonyl (C=O) groups is 1. The van der Waals surface area contributed by atoms with Crippen molar-refractivity contribution in [2.45, 2.75) is 13.0 Å². The zero-order valence-electron chi connectivity index (χ0n) is 13.1. The molecule has 3 aromatic carbocycles. The summed E-state index contributed by atoms with van der Waals surface area (Å²) in [5.41, 5.74) is 2.33. The predicted molar refractivity (Wildman–Crippen MR) is 91.7 cm³/mol. The summed E-state index contributed by atoms with van der Waals surface area (Å²) in [4.78, 5) is 12.4. The number of rotatable bonds is 6. The third-order valence-electron chi connectivity index (χ3n) is 3.66. The highest BCUT2D eigenvalue weighted by Crippen LogP contribution is 2.17. The zero-order valence-corrected chi connectivity index (χ0v) is 13.1. The summed E-state index contributed by atoms with van der Waals surface area (Å²) in [6.45, 7) is 0.258. The van der Waals surface area contributed by atoms with Gasteiger partial charge >= 0.3 is 0 Å². The van der Waals surface area contributed by atoms with E-state index in [9.17, 15) is 9.18 Å². The molecular formula is C21H17FO2. The zero-order chi connectivity index (χ0) is 16.8. The maximum atomic E-state index is 13.2. The summed E-state index contributed by atoms with van der Waals surface area (Å²) < 4.78 is 18.8. The molecule has 0 radical (unpaired) electrons. The SMILES string of the molecule is O=C(Cc1ccccc1)c1cccc(OCc2cccc(F)c2)c1. The normalized spacial score (nSPS) is 10.4. The van der Waals surface area contributed by atoms with E-state index in [0.717, 1.165) is 11.1 Å². The van der Waals surface area contributed by atoms with Crippen LogP contribution in [0.5, 0.6) is 5.75 Å². The van der Waals surface area contributed by atoms with Gasteiger partial charge in [0.05, 0.1) is 0 Å². The first-order chi connectivity index (χ1) is 11.7. The van der Waals surface area contributed by atoms with Crippen LogP contribution in [0.2, 0.25) is 0 Å². The van der Waals surface area contributed by atoms with Gasteiger partial charge in [0.1, 0.15) is 18.2 Å². The summed E-state index contributed by atoms with van der Waals surface area (Å²) in [6, 6.07) is 23.0. The fraction of sp³-hybridized carbons (Fsp3) is 0.0952. The first kappa shape index (κ1) is 15.9. The minimum atomic E-state index is -0.289. The van der Waals surface area contributed by atoms with Gasteiger partial charge in [0.15, 0.2) is 5.78 Å². The molecule has 3 heteroatoms. The molecule has 0 saturated heterocycles. The molecule has 0 saturated carbocycles. The number of halogens is 1. The third-order valence-corrected chi connectivity index (χ3v) is 3.66. The number of carbonyl (C=O) groups excluding carboxylic acids is 1. The smallest absolute Gasteiger partial charge is 0.167 e. The summed E-state index contributed by atoms with van der Waals surface area (Å²) in [6.07, 6.45) is 0.355. The lowest BCUT2D eigenvalue weighted by Gasteiger charge is -2.08. The lowest BCUT2D eigenvalue weighted by atomic mass is 10.0. The van der Waals surface area contributed by atoms with Gasteiger partial charge in [-0.2, -0.15) is 0 Å². The molecule has 0 amide bonds. The second kappa shape index (κ2) is 7.55. The maximum Gasteiger partial charge on any atom is 0.167 e. The van der Waals surface area contributed by atoms with Crippen molar-refractivity contribution in [1.29, 1.82) is 0 Å². The summed E-state index contributed by atoms with van der Waals surface area (Å²) in [7, 11) is 0. The van der Waals surface area contributed by atoms with Gasteiger partial charge in [0.2, 0.25) is 0 Å². The molecule has 24 heavy (non-hydrogen) atoms. The molecule has 120 valence electrons. The summed E-state index contributed by atoms with van der Waals surface area (Å²) in [5, 5.41) is 0. The molecule has 0 aliphatic heterocycles. The van der Waals surface area contributed by atoms with Crippen LogP contribution in [0.3, 0.4) is 0 Å². The first-order valence-electron chi connectivity index (χ1n) is 7.75. The minimum Gasteiger partial charge on any atom is -0.489 e. The van der Waals surface area contributed by atoms with Crippen LogP contribution in [0.25, 0.3) is 0 Å². The van der Waals surface area contributed by atoms with Crippen LogP contribution >= 0.6 is 0 Å². The molecule has 2 nitrogen and oxygen atoms in total. The Bertz CT molecular complexity index is 828. The Kier molecular flexibility index (Phi) is 5.02. The van der Waals surface area contributed by atoms with Crippen molar-refractivity contribution < 1.29 is 13.9 Å². The van der Waals surface area contributed by atoms with Crippen molar-refractivity contribution in [1.82, 2.24) is 0 Å². The van der Waals surface area contributed by atoms with E-state index in [0.29, 0.717) is 17.7 Å². The van der Waals surface area contributed by atoms with Crippen LogP contribution in [-0.4, -0.2) is 5.78 Å². The molecule has 0 heterocycles. The Morgan fingerprint density at radius 1 is 0.833 bits per heavy atom. The molecule has 0 aliphatic rings. The second-order valence-electron chi connectivity index (χ2n) is 5.53. The van der Waals surface area contributed by atoms with Crippen molar-refractivity contribution >= 4 is 5.78 Å². The third kappa shape index (κ3) is 4.29. The summed E-state index contributed by atoms with van der Waals surface area (Å²) in [5.74, 6) is 0.346. The van der Waals surface area contributed by atoms with E-state index in [-0.39, 0.29) is 18.2 Å².